The summed E-state index contributed by atoms with van der Waals surface area (Å²) in [5.74, 6) is -0.998. The number of amides is 1. The van der Waals surface area contributed by atoms with Crippen molar-refractivity contribution in [1.29, 1.82) is 0 Å². The minimum Gasteiger partial charge on any atom is -0.464 e. The maximum absolute atomic E-state index is 13.1. The fourth-order valence-corrected chi connectivity index (χ4v) is 2.96. The number of Topliss-reactive ketones (excluding diaryl/α,β-unsaturated/α-hetero) is 1. The van der Waals surface area contributed by atoms with Crippen molar-refractivity contribution in [1.82, 2.24) is 14.9 Å². The molecule has 0 saturated heterocycles. The van der Waals surface area contributed by atoms with Gasteiger partial charge in [0, 0.05) is 24.4 Å². The molecule has 2 aromatic rings. The molecule has 1 N–H and O–H groups in total. The van der Waals surface area contributed by atoms with Gasteiger partial charge in [-0.25, -0.2) is 4.79 Å². The number of hydrogen-bond acceptors (Lipinski definition) is 5. The third-order valence-corrected chi connectivity index (χ3v) is 4.38. The Morgan fingerprint density at radius 3 is 2.50 bits per heavy atom. The number of aryl methyl sites for hydroxylation is 1. The third-order valence-electron chi connectivity index (χ3n) is 4.38. The zero-order valence-corrected chi connectivity index (χ0v) is 15.6. The largest absolute Gasteiger partial charge is 0.464 e. The van der Waals surface area contributed by atoms with Crippen LogP contribution in [0.5, 0.6) is 0 Å². The Kier molecular flexibility index (Phi) is 5.92. The Hall–Kier alpha value is -2.96. The van der Waals surface area contributed by atoms with E-state index in [1.165, 1.54) is 18.9 Å². The van der Waals surface area contributed by atoms with Crippen LogP contribution in [0.1, 0.15) is 51.6 Å². The zero-order chi connectivity index (χ0) is 19.4. The molecular formula is C19H23N3O4. The Morgan fingerprint density at radius 2 is 1.96 bits per heavy atom. The lowest BCUT2D eigenvalue weighted by Gasteiger charge is -2.27. The number of esters is 1. The van der Waals surface area contributed by atoms with Crippen LogP contribution >= 0.6 is 0 Å². The highest BCUT2D eigenvalue weighted by atomic mass is 16.5. The molecular weight excluding hydrogens is 334 g/mol. The molecule has 26 heavy (non-hydrogen) atoms. The molecule has 1 amide bonds. The summed E-state index contributed by atoms with van der Waals surface area (Å²) >= 11 is 0. The SMILES string of the molecule is COC(=O)c1[nH]c(C)c(C(=O)C(C)N(Cc2ccccn2)C(C)=O)c1C. The number of aromatic nitrogens is 2. The van der Waals surface area contributed by atoms with E-state index in [4.69, 9.17) is 4.74 Å². The van der Waals surface area contributed by atoms with E-state index in [0.29, 0.717) is 22.5 Å². The van der Waals surface area contributed by atoms with Gasteiger partial charge in [-0.05, 0) is 38.5 Å². The Balaban J connectivity index is 2.33. The fourth-order valence-electron chi connectivity index (χ4n) is 2.96. The van der Waals surface area contributed by atoms with Gasteiger partial charge in [0.25, 0.3) is 0 Å². The van der Waals surface area contributed by atoms with Crippen molar-refractivity contribution in [2.24, 2.45) is 0 Å². The van der Waals surface area contributed by atoms with Gasteiger partial charge < -0.3 is 14.6 Å². The molecule has 2 rings (SSSR count). The molecule has 0 radical (unpaired) electrons. The summed E-state index contributed by atoms with van der Waals surface area (Å²) in [6, 6.07) is 4.72. The summed E-state index contributed by atoms with van der Waals surface area (Å²) in [5, 5.41) is 0. The lowest BCUT2D eigenvalue weighted by Crippen LogP contribution is -2.42. The standard InChI is InChI=1S/C19H23N3O4/c1-11-16(12(2)21-17(11)19(25)26-5)18(24)13(3)22(14(4)23)10-15-8-6-7-9-20-15/h6-9,13,21H,10H2,1-5H3. The van der Waals surface area contributed by atoms with Crippen LogP contribution in [0.4, 0.5) is 0 Å². The molecule has 0 fully saturated rings. The molecule has 1 unspecified atom stereocenters. The molecule has 1 atom stereocenters. The van der Waals surface area contributed by atoms with Gasteiger partial charge >= 0.3 is 5.97 Å². The number of pyridine rings is 1. The van der Waals surface area contributed by atoms with Crippen molar-refractivity contribution in [2.75, 3.05) is 7.11 Å². The molecule has 0 aliphatic carbocycles. The second-order valence-corrected chi connectivity index (χ2v) is 6.12. The maximum atomic E-state index is 13.1. The van der Waals surface area contributed by atoms with Gasteiger partial charge in [-0.3, -0.25) is 14.6 Å². The van der Waals surface area contributed by atoms with Crippen LogP contribution in [0.2, 0.25) is 0 Å². The number of carbonyl (C=O) groups is 3. The highest BCUT2D eigenvalue weighted by Crippen LogP contribution is 2.22. The highest BCUT2D eigenvalue weighted by molar-refractivity contribution is 6.06. The average molecular weight is 357 g/mol. The van der Waals surface area contributed by atoms with Gasteiger partial charge in [0.15, 0.2) is 5.78 Å². The molecule has 0 bridgehead atoms. The van der Waals surface area contributed by atoms with Crippen molar-refractivity contribution in [3.05, 3.63) is 52.6 Å². The molecule has 0 aliphatic rings. The lowest BCUT2D eigenvalue weighted by molar-refractivity contribution is -0.130. The van der Waals surface area contributed by atoms with Crippen LogP contribution in [-0.2, 0) is 16.1 Å². The van der Waals surface area contributed by atoms with Crippen LogP contribution in [-0.4, -0.2) is 45.7 Å². The maximum Gasteiger partial charge on any atom is 0.354 e. The third kappa shape index (κ3) is 3.82. The number of nitrogens with one attached hydrogen (secondary N) is 1. The second-order valence-electron chi connectivity index (χ2n) is 6.12. The van der Waals surface area contributed by atoms with Gasteiger partial charge in [-0.2, -0.15) is 0 Å². The van der Waals surface area contributed by atoms with E-state index in [1.54, 1.807) is 39.1 Å². The molecule has 2 aromatic heterocycles. The Labute approximate surface area is 152 Å². The van der Waals surface area contributed by atoms with E-state index >= 15 is 0 Å². The van der Waals surface area contributed by atoms with Gasteiger partial charge in [0.1, 0.15) is 5.69 Å². The second kappa shape index (κ2) is 7.95. The van der Waals surface area contributed by atoms with Crippen molar-refractivity contribution in [2.45, 2.75) is 40.3 Å². The summed E-state index contributed by atoms with van der Waals surface area (Å²) in [5.41, 5.74) is 2.44. The minimum atomic E-state index is -0.701. The van der Waals surface area contributed by atoms with Crippen LogP contribution in [0.15, 0.2) is 24.4 Å². The predicted octanol–water partition coefficient (Wildman–Crippen LogP) is 2.43. The molecule has 7 nitrogen and oxygen atoms in total. The zero-order valence-electron chi connectivity index (χ0n) is 15.6. The van der Waals surface area contributed by atoms with Crippen LogP contribution in [0.3, 0.4) is 0 Å². The van der Waals surface area contributed by atoms with E-state index in [0.717, 1.165) is 0 Å². The van der Waals surface area contributed by atoms with E-state index in [-0.39, 0.29) is 23.9 Å². The number of methoxy groups -OCH3 is 1. The average Bonchev–Trinajstić information content (AvgIpc) is 2.92. The van der Waals surface area contributed by atoms with Crippen molar-refractivity contribution in [3.63, 3.8) is 0 Å². The molecule has 0 saturated carbocycles. The Bertz CT molecular complexity index is 827. The number of carbonyl (C=O) groups excluding carboxylic acids is 3. The number of ether oxygens (including phenoxy) is 1. The predicted molar refractivity (Wildman–Crippen MR) is 95.9 cm³/mol. The van der Waals surface area contributed by atoms with Crippen LogP contribution < -0.4 is 0 Å². The number of hydrogen-bond donors (Lipinski definition) is 1. The van der Waals surface area contributed by atoms with E-state index in [2.05, 4.69) is 9.97 Å². The van der Waals surface area contributed by atoms with Crippen LogP contribution in [0.25, 0.3) is 0 Å². The van der Waals surface area contributed by atoms with Crippen LogP contribution in [0, 0.1) is 13.8 Å². The lowest BCUT2D eigenvalue weighted by atomic mass is 9.99. The number of rotatable bonds is 6. The van der Waals surface area contributed by atoms with Gasteiger partial charge in [-0.1, -0.05) is 6.07 Å². The van der Waals surface area contributed by atoms with Crippen molar-refractivity contribution >= 4 is 17.7 Å². The molecule has 0 aromatic carbocycles. The summed E-state index contributed by atoms with van der Waals surface area (Å²) < 4.78 is 4.74. The van der Waals surface area contributed by atoms with E-state index < -0.39 is 12.0 Å². The quantitative estimate of drug-likeness (QED) is 0.633. The molecule has 0 aliphatic heterocycles. The summed E-state index contributed by atoms with van der Waals surface area (Å²) in [6.07, 6.45) is 1.64. The highest BCUT2D eigenvalue weighted by Gasteiger charge is 2.30. The van der Waals surface area contributed by atoms with E-state index in [1.807, 2.05) is 6.07 Å². The summed E-state index contributed by atoms with van der Waals surface area (Å²) in [6.45, 7) is 6.73. The normalized spacial score (nSPS) is 11.7. The molecule has 7 heteroatoms. The molecule has 2 heterocycles. The first-order valence-electron chi connectivity index (χ1n) is 8.26. The minimum absolute atomic E-state index is 0.226. The fraction of sp³-hybridized carbons (Fsp3) is 0.368. The topological polar surface area (TPSA) is 92.4 Å². The first-order chi connectivity index (χ1) is 12.3. The summed E-state index contributed by atoms with van der Waals surface area (Å²) in [4.78, 5) is 45.6. The molecule has 0 spiro atoms. The van der Waals surface area contributed by atoms with Crippen molar-refractivity contribution < 1.29 is 19.1 Å². The number of ketones is 1. The monoisotopic (exact) mass is 357 g/mol. The number of nitrogens with zero attached hydrogens (tertiary/aromatic N) is 2. The van der Waals surface area contributed by atoms with Gasteiger partial charge in [0.05, 0.1) is 25.4 Å². The van der Waals surface area contributed by atoms with Crippen molar-refractivity contribution in [3.8, 4) is 0 Å². The number of aromatic amines is 1. The van der Waals surface area contributed by atoms with Gasteiger partial charge in [0.2, 0.25) is 5.91 Å². The number of H-pyrrole nitrogens is 1. The molecule has 138 valence electrons. The van der Waals surface area contributed by atoms with Gasteiger partial charge in [-0.15, -0.1) is 0 Å². The summed E-state index contributed by atoms with van der Waals surface area (Å²) in [7, 11) is 1.28. The first-order valence-corrected chi connectivity index (χ1v) is 8.26. The Morgan fingerprint density at radius 1 is 1.27 bits per heavy atom. The van der Waals surface area contributed by atoms with E-state index in [9.17, 15) is 14.4 Å². The first kappa shape index (κ1) is 19.4. The smallest absolute Gasteiger partial charge is 0.354 e.